The molecule has 4 nitrogen and oxygen atoms in total. The molecule has 1 unspecified atom stereocenters. The van der Waals surface area contributed by atoms with E-state index < -0.39 is 10.0 Å². The van der Waals surface area contributed by atoms with Gasteiger partial charge < -0.3 is 5.32 Å². The molecule has 0 bridgehead atoms. The van der Waals surface area contributed by atoms with Crippen LogP contribution in [0.1, 0.15) is 12.0 Å². The van der Waals surface area contributed by atoms with Crippen LogP contribution < -0.4 is 10.0 Å². The predicted octanol–water partition coefficient (Wildman–Crippen LogP) is 2.17. The second-order valence-corrected chi connectivity index (χ2v) is 9.59. The molecule has 2 heterocycles. The van der Waals surface area contributed by atoms with Crippen molar-refractivity contribution in [2.75, 3.05) is 35.7 Å². The van der Waals surface area contributed by atoms with E-state index in [0.717, 1.165) is 42.1 Å². The van der Waals surface area contributed by atoms with Crippen molar-refractivity contribution in [3.05, 3.63) is 23.8 Å². The topological polar surface area (TPSA) is 58.2 Å². The second-order valence-electron chi connectivity index (χ2n) is 5.27. The predicted molar refractivity (Wildman–Crippen MR) is 92.0 cm³/mol. The number of fused-ring (bicyclic) bond motifs is 1. The van der Waals surface area contributed by atoms with Gasteiger partial charge in [-0.05, 0) is 36.6 Å². The number of hydrogen-bond acceptors (Lipinski definition) is 5. The molecule has 0 radical (unpaired) electrons. The summed E-state index contributed by atoms with van der Waals surface area (Å²) in [7, 11) is -3.39. The molecule has 21 heavy (non-hydrogen) atoms. The molecule has 116 valence electrons. The zero-order valence-corrected chi connectivity index (χ0v) is 14.2. The Balaban J connectivity index is 1.69. The minimum atomic E-state index is -3.39. The number of hydrogen-bond donors (Lipinski definition) is 2. The van der Waals surface area contributed by atoms with Crippen molar-refractivity contribution in [1.82, 2.24) is 4.72 Å². The van der Waals surface area contributed by atoms with Gasteiger partial charge in [0, 0.05) is 41.3 Å². The summed E-state index contributed by atoms with van der Waals surface area (Å²) in [6.07, 6.45) is 2.00. The second kappa shape index (κ2) is 6.81. The number of benzene rings is 1. The van der Waals surface area contributed by atoms with Gasteiger partial charge in [-0.1, -0.05) is 0 Å². The summed E-state index contributed by atoms with van der Waals surface area (Å²) < 4.78 is 27.6. The third-order valence-corrected chi connectivity index (χ3v) is 7.98. The Morgan fingerprint density at radius 2 is 2.24 bits per heavy atom. The van der Waals surface area contributed by atoms with Gasteiger partial charge in [-0.3, -0.25) is 0 Å². The van der Waals surface area contributed by atoms with Gasteiger partial charge in [-0.2, -0.15) is 23.5 Å². The lowest BCUT2D eigenvalue weighted by atomic mass is 10.0. The fraction of sp³-hybridized carbons (Fsp3) is 0.571. The molecule has 0 aliphatic carbocycles. The average Bonchev–Trinajstić information content (AvgIpc) is 2.53. The molecule has 3 rings (SSSR count). The van der Waals surface area contributed by atoms with Crippen LogP contribution in [0.15, 0.2) is 23.1 Å². The lowest BCUT2D eigenvalue weighted by Gasteiger charge is -2.22. The molecule has 1 aromatic carbocycles. The zero-order valence-electron chi connectivity index (χ0n) is 11.8. The summed E-state index contributed by atoms with van der Waals surface area (Å²) in [6.45, 7) is 1.49. The van der Waals surface area contributed by atoms with Crippen LogP contribution >= 0.6 is 23.5 Å². The van der Waals surface area contributed by atoms with Crippen molar-refractivity contribution >= 4 is 39.2 Å². The lowest BCUT2D eigenvalue weighted by Crippen LogP contribution is -2.33. The van der Waals surface area contributed by atoms with Gasteiger partial charge in [0.15, 0.2) is 0 Å². The van der Waals surface area contributed by atoms with Gasteiger partial charge >= 0.3 is 0 Å². The van der Waals surface area contributed by atoms with Gasteiger partial charge in [0.05, 0.1) is 4.90 Å². The fourth-order valence-electron chi connectivity index (χ4n) is 2.56. The van der Waals surface area contributed by atoms with Crippen LogP contribution in [0.2, 0.25) is 0 Å². The molecule has 0 amide bonds. The molecular formula is C14H20N2O2S3. The molecule has 1 fully saturated rings. The number of nitrogens with one attached hydrogen (secondary N) is 2. The largest absolute Gasteiger partial charge is 0.385 e. The normalized spacial score (nSPS) is 22.4. The maximum Gasteiger partial charge on any atom is 0.240 e. The monoisotopic (exact) mass is 344 g/mol. The summed E-state index contributed by atoms with van der Waals surface area (Å²) >= 11 is 3.77. The molecule has 1 saturated heterocycles. The molecule has 1 aromatic rings. The molecule has 1 atom stereocenters. The highest BCUT2D eigenvalue weighted by molar-refractivity contribution is 8.06. The summed E-state index contributed by atoms with van der Waals surface area (Å²) in [5.41, 5.74) is 2.17. The summed E-state index contributed by atoms with van der Waals surface area (Å²) in [5.74, 6) is 3.31. The van der Waals surface area contributed by atoms with Crippen molar-refractivity contribution in [3.8, 4) is 0 Å². The molecule has 7 heteroatoms. The fourth-order valence-corrected chi connectivity index (χ4v) is 6.41. The lowest BCUT2D eigenvalue weighted by molar-refractivity contribution is 0.581. The van der Waals surface area contributed by atoms with Crippen LogP contribution in [0.4, 0.5) is 5.69 Å². The van der Waals surface area contributed by atoms with E-state index >= 15 is 0 Å². The van der Waals surface area contributed by atoms with Crippen LogP contribution in [0, 0.1) is 0 Å². The van der Waals surface area contributed by atoms with Crippen molar-refractivity contribution in [3.63, 3.8) is 0 Å². The van der Waals surface area contributed by atoms with Crippen LogP contribution in [0.25, 0.3) is 0 Å². The quantitative estimate of drug-likeness (QED) is 0.877. The van der Waals surface area contributed by atoms with Crippen LogP contribution in [-0.2, 0) is 16.4 Å². The standard InChI is InChI=1S/C14H20N2O2S3/c17-21(18,16-9-12-10-19-6-7-20-12)13-3-4-14-11(8-13)2-1-5-15-14/h3-4,8,12,15-16H,1-2,5-7,9-10H2. The molecular weight excluding hydrogens is 324 g/mol. The van der Waals surface area contributed by atoms with Crippen LogP contribution in [-0.4, -0.2) is 44.0 Å². The Hall–Kier alpha value is -0.370. The molecule has 2 aliphatic rings. The average molecular weight is 345 g/mol. The van der Waals surface area contributed by atoms with Gasteiger partial charge in [-0.15, -0.1) is 0 Å². The Labute approximate surface area is 134 Å². The maximum atomic E-state index is 12.4. The first-order valence-electron chi connectivity index (χ1n) is 7.21. The molecule has 2 N–H and O–H groups in total. The third-order valence-electron chi connectivity index (χ3n) is 3.71. The van der Waals surface area contributed by atoms with Crippen molar-refractivity contribution in [1.29, 1.82) is 0 Å². The number of aryl methyl sites for hydroxylation is 1. The Kier molecular flexibility index (Phi) is 5.03. The van der Waals surface area contributed by atoms with Gasteiger partial charge in [0.1, 0.15) is 0 Å². The van der Waals surface area contributed by atoms with Gasteiger partial charge in [-0.25, -0.2) is 13.1 Å². The first-order valence-corrected chi connectivity index (χ1v) is 10.9. The van der Waals surface area contributed by atoms with E-state index in [1.165, 1.54) is 5.75 Å². The van der Waals surface area contributed by atoms with E-state index in [-0.39, 0.29) is 0 Å². The highest BCUT2D eigenvalue weighted by Gasteiger charge is 2.20. The van der Waals surface area contributed by atoms with E-state index in [9.17, 15) is 8.42 Å². The van der Waals surface area contributed by atoms with E-state index in [0.29, 0.717) is 16.7 Å². The first kappa shape index (κ1) is 15.5. The zero-order chi connectivity index (χ0) is 14.7. The number of sulfonamides is 1. The highest BCUT2D eigenvalue weighted by atomic mass is 32.2. The smallest absolute Gasteiger partial charge is 0.240 e. The molecule has 0 saturated carbocycles. The Bertz CT molecular complexity index is 598. The summed E-state index contributed by atoms with van der Waals surface area (Å²) in [4.78, 5) is 0.387. The highest BCUT2D eigenvalue weighted by Crippen LogP contribution is 2.26. The van der Waals surface area contributed by atoms with Crippen molar-refractivity contribution in [2.24, 2.45) is 0 Å². The van der Waals surface area contributed by atoms with Crippen molar-refractivity contribution in [2.45, 2.75) is 23.0 Å². The van der Waals surface area contributed by atoms with Crippen molar-refractivity contribution < 1.29 is 8.42 Å². The number of thioether (sulfide) groups is 2. The number of rotatable bonds is 4. The van der Waals surface area contributed by atoms with E-state index in [4.69, 9.17) is 0 Å². The first-order chi connectivity index (χ1) is 10.1. The third kappa shape index (κ3) is 3.88. The van der Waals surface area contributed by atoms with Crippen LogP contribution in [0.5, 0.6) is 0 Å². The minimum absolute atomic E-state index is 0.387. The SMILES string of the molecule is O=S(=O)(NCC1CSCCS1)c1ccc2c(c1)CCCN2. The van der Waals surface area contributed by atoms with E-state index in [2.05, 4.69) is 10.0 Å². The van der Waals surface area contributed by atoms with Gasteiger partial charge in [0.25, 0.3) is 0 Å². The van der Waals surface area contributed by atoms with Gasteiger partial charge in [0.2, 0.25) is 10.0 Å². The van der Waals surface area contributed by atoms with E-state index in [1.807, 2.05) is 35.7 Å². The minimum Gasteiger partial charge on any atom is -0.385 e. The Morgan fingerprint density at radius 3 is 3.05 bits per heavy atom. The maximum absolute atomic E-state index is 12.4. The molecule has 0 spiro atoms. The summed E-state index contributed by atoms with van der Waals surface area (Å²) in [5, 5.41) is 3.69. The number of anilines is 1. The molecule has 2 aliphatic heterocycles. The summed E-state index contributed by atoms with van der Waals surface area (Å²) in [6, 6.07) is 5.39. The van der Waals surface area contributed by atoms with E-state index in [1.54, 1.807) is 6.07 Å². The van der Waals surface area contributed by atoms with Crippen LogP contribution in [0.3, 0.4) is 0 Å². The molecule has 0 aromatic heterocycles. The Morgan fingerprint density at radius 1 is 1.33 bits per heavy atom.